The molecule has 0 aliphatic carbocycles. The molecule has 3 rings (SSSR count). The molecule has 1 saturated heterocycles. The van der Waals surface area contributed by atoms with Gasteiger partial charge in [-0.25, -0.2) is 4.79 Å². The second-order valence-corrected chi connectivity index (χ2v) is 9.04. The molecular formula is C23H30Cl2N4O6. The lowest BCUT2D eigenvalue weighted by Crippen LogP contribution is -2.55. The van der Waals surface area contributed by atoms with Gasteiger partial charge in [0.15, 0.2) is 5.78 Å². The molecule has 0 amide bonds. The molecule has 1 aliphatic heterocycles. The third-order valence-corrected chi connectivity index (χ3v) is 6.42. The van der Waals surface area contributed by atoms with Gasteiger partial charge >= 0.3 is 5.69 Å². The van der Waals surface area contributed by atoms with Crippen LogP contribution in [0.4, 0.5) is 11.5 Å². The molecule has 0 radical (unpaired) electrons. The number of ether oxygens (including phenoxy) is 1. The fourth-order valence-corrected chi connectivity index (χ4v) is 4.67. The van der Waals surface area contributed by atoms with Gasteiger partial charge in [0.2, 0.25) is 5.72 Å². The number of halogens is 2. The second-order valence-electron chi connectivity index (χ2n) is 8.28. The molecular weight excluding hydrogens is 499 g/mol. The summed E-state index contributed by atoms with van der Waals surface area (Å²) in [4.78, 5) is 31.6. The summed E-state index contributed by atoms with van der Waals surface area (Å²) in [6.45, 7) is 0.695. The van der Waals surface area contributed by atoms with Gasteiger partial charge in [-0.05, 0) is 36.6 Å². The van der Waals surface area contributed by atoms with E-state index in [9.17, 15) is 24.9 Å². The van der Waals surface area contributed by atoms with E-state index in [2.05, 4.69) is 9.88 Å². The third-order valence-electron chi connectivity index (χ3n) is 6.08. The SMILES string of the molecule is Nc1ccn([C@]2(C(=O)CCCc3ccc(N(CCCl)CCCl)cc3)O[C@H](CO)[C@@H](O)[C@H]2O)c(=O)n1. The molecule has 10 nitrogen and oxygen atoms in total. The minimum absolute atomic E-state index is 0.0644. The van der Waals surface area contributed by atoms with Gasteiger partial charge in [0.25, 0.3) is 0 Å². The average Bonchev–Trinajstić information content (AvgIpc) is 3.10. The Morgan fingerprint density at radius 3 is 2.37 bits per heavy atom. The summed E-state index contributed by atoms with van der Waals surface area (Å²) >= 11 is 11.7. The Hall–Kier alpha value is -2.21. The van der Waals surface area contributed by atoms with Crippen molar-refractivity contribution in [2.45, 2.75) is 43.3 Å². The van der Waals surface area contributed by atoms with Crippen molar-refractivity contribution in [1.29, 1.82) is 0 Å². The smallest absolute Gasteiger partial charge is 0.352 e. The summed E-state index contributed by atoms with van der Waals surface area (Å²) in [6, 6.07) is 9.11. The molecule has 0 spiro atoms. The number of hydrogen-bond acceptors (Lipinski definition) is 9. The molecule has 12 heteroatoms. The molecule has 0 saturated carbocycles. The fourth-order valence-electron chi connectivity index (χ4n) is 4.26. The quantitative estimate of drug-likeness (QED) is 0.288. The van der Waals surface area contributed by atoms with Crippen molar-refractivity contribution in [2.24, 2.45) is 0 Å². The van der Waals surface area contributed by atoms with E-state index >= 15 is 0 Å². The van der Waals surface area contributed by atoms with E-state index < -0.39 is 42.1 Å². The molecule has 5 N–H and O–H groups in total. The lowest BCUT2D eigenvalue weighted by Gasteiger charge is -2.32. The highest BCUT2D eigenvalue weighted by Gasteiger charge is 2.60. The van der Waals surface area contributed by atoms with Crippen molar-refractivity contribution in [3.63, 3.8) is 0 Å². The topological polar surface area (TPSA) is 151 Å². The summed E-state index contributed by atoms with van der Waals surface area (Å²) in [5.74, 6) is 0.268. The maximum absolute atomic E-state index is 13.4. The van der Waals surface area contributed by atoms with Crippen molar-refractivity contribution in [3.05, 3.63) is 52.6 Å². The number of rotatable bonds is 12. The van der Waals surface area contributed by atoms with Gasteiger partial charge in [-0.3, -0.25) is 9.36 Å². The van der Waals surface area contributed by atoms with Crippen molar-refractivity contribution < 1.29 is 24.9 Å². The van der Waals surface area contributed by atoms with Gasteiger partial charge in [-0.15, -0.1) is 23.2 Å². The molecule has 192 valence electrons. The molecule has 4 atom stereocenters. The number of nitrogens with zero attached hydrogens (tertiary/aromatic N) is 3. The van der Waals surface area contributed by atoms with Crippen molar-refractivity contribution in [2.75, 3.05) is 42.1 Å². The van der Waals surface area contributed by atoms with Gasteiger partial charge in [0.1, 0.15) is 24.1 Å². The maximum atomic E-state index is 13.4. The number of aryl methyl sites for hydroxylation is 1. The van der Waals surface area contributed by atoms with Crippen molar-refractivity contribution in [3.8, 4) is 0 Å². The first-order valence-electron chi connectivity index (χ1n) is 11.3. The van der Waals surface area contributed by atoms with E-state index in [1.807, 2.05) is 24.3 Å². The number of aliphatic hydroxyl groups is 3. The first-order chi connectivity index (χ1) is 16.8. The van der Waals surface area contributed by atoms with Crippen molar-refractivity contribution >= 4 is 40.5 Å². The van der Waals surface area contributed by atoms with Crippen LogP contribution in [-0.4, -0.2) is 80.4 Å². The number of aliphatic hydroxyl groups excluding tert-OH is 3. The first-order valence-corrected chi connectivity index (χ1v) is 12.3. The molecule has 1 aromatic heterocycles. The monoisotopic (exact) mass is 528 g/mol. The number of nitrogens with two attached hydrogens (primary N) is 1. The van der Waals surface area contributed by atoms with Gasteiger partial charge in [0, 0.05) is 43.2 Å². The molecule has 1 aromatic carbocycles. The maximum Gasteiger partial charge on any atom is 0.352 e. The number of ketones is 1. The Morgan fingerprint density at radius 2 is 1.83 bits per heavy atom. The van der Waals surface area contributed by atoms with Crippen LogP contribution in [0.1, 0.15) is 18.4 Å². The number of carbonyl (C=O) groups excluding carboxylic acids is 1. The number of nitrogen functional groups attached to an aromatic ring is 1. The number of benzene rings is 1. The van der Waals surface area contributed by atoms with E-state index in [-0.39, 0.29) is 12.2 Å². The minimum atomic E-state index is -2.22. The van der Waals surface area contributed by atoms with Crippen LogP contribution in [0, 0.1) is 0 Å². The zero-order chi connectivity index (χ0) is 25.6. The number of aromatic nitrogens is 2. The third kappa shape index (κ3) is 5.79. The van der Waals surface area contributed by atoms with E-state index in [0.29, 0.717) is 37.7 Å². The normalized spacial score (nSPS) is 24.0. The predicted octanol–water partition coefficient (Wildman–Crippen LogP) is 0.467. The van der Waals surface area contributed by atoms with Gasteiger partial charge in [0.05, 0.1) is 6.61 Å². The minimum Gasteiger partial charge on any atom is -0.394 e. The van der Waals surface area contributed by atoms with E-state index in [0.717, 1.165) is 15.8 Å². The van der Waals surface area contributed by atoms with Crippen LogP contribution >= 0.6 is 23.2 Å². The van der Waals surface area contributed by atoms with Gasteiger partial charge in [-0.1, -0.05) is 12.1 Å². The zero-order valence-corrected chi connectivity index (χ0v) is 20.6. The fraction of sp³-hybridized carbons (Fsp3) is 0.522. The Kier molecular flexibility index (Phi) is 9.51. The number of alkyl halides is 2. The highest BCUT2D eigenvalue weighted by molar-refractivity contribution is 6.18. The molecule has 0 unspecified atom stereocenters. The van der Waals surface area contributed by atoms with Gasteiger partial charge in [-0.2, -0.15) is 4.98 Å². The molecule has 1 aliphatic rings. The van der Waals surface area contributed by atoms with E-state index in [1.54, 1.807) is 0 Å². The van der Waals surface area contributed by atoms with E-state index in [1.165, 1.54) is 12.3 Å². The Bertz CT molecular complexity index is 1050. The Labute approximate surface area is 212 Å². The zero-order valence-electron chi connectivity index (χ0n) is 19.1. The highest BCUT2D eigenvalue weighted by atomic mass is 35.5. The molecule has 2 aromatic rings. The molecule has 2 heterocycles. The van der Waals surface area contributed by atoms with Crippen LogP contribution in [0.2, 0.25) is 0 Å². The lowest BCUT2D eigenvalue weighted by molar-refractivity contribution is -0.176. The standard InChI is InChI=1S/C23H30Cl2N4O6/c24-9-12-28(13-10-25)16-6-4-15(5-7-16)2-1-3-18(31)23(21(33)20(32)17(14-30)35-23)29-11-8-19(26)27-22(29)34/h4-8,11,17,20-21,30,32-33H,1-3,9-10,12-14H2,(H2,26,27,34)/t17-,20-,21-,23-/m1/s1. The van der Waals surface area contributed by atoms with Crippen LogP contribution in [0.5, 0.6) is 0 Å². The predicted molar refractivity (Wildman–Crippen MR) is 133 cm³/mol. The summed E-state index contributed by atoms with van der Waals surface area (Å²) in [6.07, 6.45) is -2.57. The number of anilines is 2. The van der Waals surface area contributed by atoms with Crippen LogP contribution in [-0.2, 0) is 21.7 Å². The number of Topliss-reactive ketones (excluding diaryl/α,β-unsaturated/α-hetero) is 1. The molecule has 0 bridgehead atoms. The van der Waals surface area contributed by atoms with Crippen molar-refractivity contribution in [1.82, 2.24) is 9.55 Å². The largest absolute Gasteiger partial charge is 0.394 e. The lowest BCUT2D eigenvalue weighted by atomic mass is 9.94. The number of carbonyl (C=O) groups is 1. The summed E-state index contributed by atoms with van der Waals surface area (Å²) in [5.41, 5.74) is 4.39. The van der Waals surface area contributed by atoms with Crippen LogP contribution in [0.3, 0.4) is 0 Å². The first kappa shape index (κ1) is 27.4. The Balaban J connectivity index is 1.75. The Morgan fingerprint density at radius 1 is 1.17 bits per heavy atom. The molecule has 1 fully saturated rings. The molecule has 35 heavy (non-hydrogen) atoms. The van der Waals surface area contributed by atoms with Gasteiger partial charge < -0.3 is 30.7 Å². The van der Waals surface area contributed by atoms with Crippen LogP contribution in [0.25, 0.3) is 0 Å². The summed E-state index contributed by atoms with van der Waals surface area (Å²) in [7, 11) is 0. The second kappa shape index (κ2) is 12.2. The van der Waals surface area contributed by atoms with Crippen LogP contribution in [0.15, 0.2) is 41.3 Å². The highest BCUT2D eigenvalue weighted by Crippen LogP contribution is 2.37. The van der Waals surface area contributed by atoms with E-state index in [4.69, 9.17) is 33.7 Å². The van der Waals surface area contributed by atoms with Crippen LogP contribution < -0.4 is 16.3 Å². The summed E-state index contributed by atoms with van der Waals surface area (Å²) in [5, 5.41) is 30.6. The summed E-state index contributed by atoms with van der Waals surface area (Å²) < 4.78 is 6.46. The number of hydrogen-bond donors (Lipinski definition) is 4. The average molecular weight is 529 g/mol.